The molecule has 3 N–H and O–H groups in total. The molecule has 0 amide bonds. The molecule has 0 bridgehead atoms. The molecule has 1 atom stereocenters. The number of aromatic nitrogens is 1. The Morgan fingerprint density at radius 3 is 2.46 bits per heavy atom. The van der Waals surface area contributed by atoms with Crippen molar-refractivity contribution in [2.24, 2.45) is 7.05 Å². The second-order valence-corrected chi connectivity index (χ2v) is 7.98. The van der Waals surface area contributed by atoms with E-state index < -0.39 is 22.1 Å². The zero-order chi connectivity index (χ0) is 19.3. The van der Waals surface area contributed by atoms with Crippen molar-refractivity contribution >= 4 is 16.0 Å². The highest BCUT2D eigenvalue weighted by Crippen LogP contribution is 2.20. The number of nitrogens with one attached hydrogen (secondary N) is 1. The van der Waals surface area contributed by atoms with Crippen LogP contribution in [-0.4, -0.2) is 35.7 Å². The van der Waals surface area contributed by atoms with Gasteiger partial charge in [-0.3, -0.25) is 4.79 Å². The molecule has 2 aromatic rings. The number of aryl methyl sites for hydroxylation is 1. The van der Waals surface area contributed by atoms with Gasteiger partial charge in [-0.05, 0) is 37.6 Å². The summed E-state index contributed by atoms with van der Waals surface area (Å²) in [5.74, 6) is -0.955. The van der Waals surface area contributed by atoms with Gasteiger partial charge in [0.15, 0.2) is 0 Å². The highest BCUT2D eigenvalue weighted by atomic mass is 32.2. The number of carboxylic acids is 1. The molecule has 2 rings (SSSR count). The highest BCUT2D eigenvalue weighted by Gasteiger charge is 2.16. The van der Waals surface area contributed by atoms with Crippen LogP contribution in [0.4, 0.5) is 0 Å². The summed E-state index contributed by atoms with van der Waals surface area (Å²) in [5.41, 5.74) is 2.45. The Morgan fingerprint density at radius 1 is 1.19 bits per heavy atom. The summed E-state index contributed by atoms with van der Waals surface area (Å²) < 4.78 is 28.9. The number of hydrogen-bond acceptors (Lipinski definition) is 4. The second kappa shape index (κ2) is 8.48. The highest BCUT2D eigenvalue weighted by molar-refractivity contribution is 7.89. The Labute approximate surface area is 153 Å². The number of aliphatic carboxylic acids is 1. The van der Waals surface area contributed by atoms with Crippen molar-refractivity contribution in [3.8, 4) is 0 Å². The Morgan fingerprint density at radius 2 is 1.85 bits per heavy atom. The van der Waals surface area contributed by atoms with E-state index in [1.807, 2.05) is 6.92 Å². The summed E-state index contributed by atoms with van der Waals surface area (Å²) in [6.07, 6.45) is -0.396. The van der Waals surface area contributed by atoms with Gasteiger partial charge in [0, 0.05) is 37.8 Å². The third-order valence-electron chi connectivity index (χ3n) is 4.24. The molecular formula is C18H24N2O5S. The van der Waals surface area contributed by atoms with Crippen molar-refractivity contribution < 1.29 is 23.4 Å². The third kappa shape index (κ3) is 5.17. The predicted octanol–water partition coefficient (Wildman–Crippen LogP) is 1.75. The minimum atomic E-state index is -3.56. The Kier molecular flexibility index (Phi) is 6.57. The number of hydrogen-bond donors (Lipinski definition) is 3. The fourth-order valence-electron chi connectivity index (χ4n) is 2.68. The monoisotopic (exact) mass is 380 g/mol. The van der Waals surface area contributed by atoms with Gasteiger partial charge >= 0.3 is 5.97 Å². The lowest BCUT2D eigenvalue weighted by Crippen LogP contribution is -2.26. The molecule has 1 heterocycles. The zero-order valence-electron chi connectivity index (χ0n) is 14.8. The molecule has 0 aliphatic carbocycles. The molecule has 0 aliphatic heterocycles. The minimum Gasteiger partial charge on any atom is -0.481 e. The zero-order valence-corrected chi connectivity index (χ0v) is 15.7. The number of sulfonamides is 1. The molecule has 142 valence electrons. The number of carboxylic acid groups (broad SMARTS) is 1. The van der Waals surface area contributed by atoms with Crippen molar-refractivity contribution in [1.29, 1.82) is 0 Å². The normalized spacial score (nSPS) is 12.9. The van der Waals surface area contributed by atoms with Gasteiger partial charge in [-0.15, -0.1) is 0 Å². The van der Waals surface area contributed by atoms with Crippen LogP contribution in [0.3, 0.4) is 0 Å². The predicted molar refractivity (Wildman–Crippen MR) is 97.3 cm³/mol. The molecular weight excluding hydrogens is 356 g/mol. The summed E-state index contributed by atoms with van der Waals surface area (Å²) in [7, 11) is -1.79. The van der Waals surface area contributed by atoms with E-state index in [4.69, 9.17) is 5.11 Å². The van der Waals surface area contributed by atoms with Crippen LogP contribution >= 0.6 is 0 Å². The van der Waals surface area contributed by atoms with Crippen molar-refractivity contribution in [3.05, 3.63) is 53.3 Å². The summed E-state index contributed by atoms with van der Waals surface area (Å²) in [6.45, 7) is 2.11. The lowest BCUT2D eigenvalue weighted by Gasteiger charge is -2.13. The molecule has 7 nitrogen and oxygen atoms in total. The van der Waals surface area contributed by atoms with Crippen LogP contribution in [0.1, 0.15) is 35.9 Å². The van der Waals surface area contributed by atoms with Gasteiger partial charge in [0.05, 0.1) is 11.0 Å². The first-order valence-corrected chi connectivity index (χ1v) is 9.79. The standard InChI is InChI=1S/C18H24N2O5S/c1-13-3-6-15(7-4-13)26(24,25)19-12-11-14-5-8-16(20(14)2)17(21)9-10-18(22)23/h3-8,17,19,21H,9-12H2,1-2H3,(H,22,23). The molecule has 0 saturated carbocycles. The van der Waals surface area contributed by atoms with Gasteiger partial charge in [0.25, 0.3) is 0 Å². The van der Waals surface area contributed by atoms with Crippen LogP contribution in [0.15, 0.2) is 41.3 Å². The fraction of sp³-hybridized carbons (Fsp3) is 0.389. The first-order valence-electron chi connectivity index (χ1n) is 8.31. The first kappa shape index (κ1) is 20.2. The number of aliphatic hydroxyl groups is 1. The van der Waals surface area contributed by atoms with Crippen LogP contribution in [0.5, 0.6) is 0 Å². The number of rotatable bonds is 9. The van der Waals surface area contributed by atoms with E-state index in [1.54, 1.807) is 48.0 Å². The van der Waals surface area contributed by atoms with Crippen LogP contribution < -0.4 is 4.72 Å². The van der Waals surface area contributed by atoms with Crippen LogP contribution in [0.2, 0.25) is 0 Å². The molecule has 0 saturated heterocycles. The maximum atomic E-state index is 12.3. The maximum Gasteiger partial charge on any atom is 0.303 e. The Hall–Kier alpha value is -2.16. The van der Waals surface area contributed by atoms with Gasteiger partial charge in [0.1, 0.15) is 0 Å². The fourth-order valence-corrected chi connectivity index (χ4v) is 3.71. The van der Waals surface area contributed by atoms with Crippen LogP contribution in [-0.2, 0) is 28.3 Å². The van der Waals surface area contributed by atoms with Gasteiger partial charge in [-0.25, -0.2) is 13.1 Å². The SMILES string of the molecule is Cc1ccc(S(=O)(=O)NCCc2ccc(C(O)CCC(=O)O)n2C)cc1. The lowest BCUT2D eigenvalue weighted by molar-refractivity contribution is -0.137. The van der Waals surface area contributed by atoms with Crippen molar-refractivity contribution in [1.82, 2.24) is 9.29 Å². The number of benzene rings is 1. The van der Waals surface area contributed by atoms with Crippen molar-refractivity contribution in [3.63, 3.8) is 0 Å². The quantitative estimate of drug-likeness (QED) is 0.614. The second-order valence-electron chi connectivity index (χ2n) is 6.22. The molecule has 8 heteroatoms. The lowest BCUT2D eigenvalue weighted by atomic mass is 10.1. The molecule has 0 fully saturated rings. The molecule has 0 aliphatic rings. The number of nitrogens with zero attached hydrogens (tertiary/aromatic N) is 1. The smallest absolute Gasteiger partial charge is 0.303 e. The summed E-state index contributed by atoms with van der Waals surface area (Å²) in [4.78, 5) is 10.8. The molecule has 0 spiro atoms. The summed E-state index contributed by atoms with van der Waals surface area (Å²) in [6, 6.07) is 10.2. The number of carbonyl (C=O) groups is 1. The molecule has 1 unspecified atom stereocenters. The average molecular weight is 380 g/mol. The Balaban J connectivity index is 1.95. The average Bonchev–Trinajstić information content (AvgIpc) is 2.94. The topological polar surface area (TPSA) is 109 Å². The van der Waals surface area contributed by atoms with E-state index in [0.717, 1.165) is 11.3 Å². The van der Waals surface area contributed by atoms with Gasteiger partial charge < -0.3 is 14.8 Å². The van der Waals surface area contributed by atoms with Gasteiger partial charge in [-0.1, -0.05) is 17.7 Å². The summed E-state index contributed by atoms with van der Waals surface area (Å²) in [5, 5.41) is 18.8. The first-order chi connectivity index (χ1) is 12.2. The third-order valence-corrected chi connectivity index (χ3v) is 5.72. The van der Waals surface area contributed by atoms with Crippen molar-refractivity contribution in [2.45, 2.75) is 37.2 Å². The minimum absolute atomic E-state index is 0.113. The van der Waals surface area contributed by atoms with E-state index >= 15 is 0 Å². The summed E-state index contributed by atoms with van der Waals surface area (Å²) >= 11 is 0. The molecule has 0 radical (unpaired) electrons. The van der Waals surface area contributed by atoms with E-state index in [-0.39, 0.29) is 24.3 Å². The largest absolute Gasteiger partial charge is 0.481 e. The van der Waals surface area contributed by atoms with E-state index in [0.29, 0.717) is 12.1 Å². The van der Waals surface area contributed by atoms with E-state index in [2.05, 4.69) is 4.72 Å². The van der Waals surface area contributed by atoms with Gasteiger partial charge in [-0.2, -0.15) is 0 Å². The van der Waals surface area contributed by atoms with E-state index in [1.165, 1.54) is 0 Å². The molecule has 1 aromatic heterocycles. The van der Waals surface area contributed by atoms with Crippen LogP contribution in [0.25, 0.3) is 0 Å². The van der Waals surface area contributed by atoms with Crippen molar-refractivity contribution in [2.75, 3.05) is 6.54 Å². The van der Waals surface area contributed by atoms with E-state index in [9.17, 15) is 18.3 Å². The molecule has 26 heavy (non-hydrogen) atoms. The Bertz CT molecular complexity index is 856. The van der Waals surface area contributed by atoms with Gasteiger partial charge in [0.2, 0.25) is 10.0 Å². The van der Waals surface area contributed by atoms with Crippen LogP contribution in [0, 0.1) is 6.92 Å². The number of aliphatic hydroxyl groups excluding tert-OH is 1. The molecule has 1 aromatic carbocycles. The maximum absolute atomic E-state index is 12.3.